The number of aromatic nitrogens is 3. The van der Waals surface area contributed by atoms with Crippen LogP contribution in [0.25, 0.3) is 11.0 Å². The van der Waals surface area contributed by atoms with Crippen LogP contribution in [0, 0.1) is 0 Å². The van der Waals surface area contributed by atoms with Gasteiger partial charge in [0.25, 0.3) is 0 Å². The quantitative estimate of drug-likeness (QED) is 0.632. The summed E-state index contributed by atoms with van der Waals surface area (Å²) in [7, 11) is 0. The molecule has 1 aliphatic rings. The first-order chi connectivity index (χ1) is 14.1. The first kappa shape index (κ1) is 19.4. The number of hydrogen-bond acceptors (Lipinski definition) is 6. The number of ether oxygens (including phenoxy) is 1. The highest BCUT2D eigenvalue weighted by Gasteiger charge is 2.18. The van der Waals surface area contributed by atoms with E-state index in [4.69, 9.17) is 0 Å². The van der Waals surface area contributed by atoms with E-state index in [1.807, 2.05) is 12.4 Å². The van der Waals surface area contributed by atoms with Crippen molar-refractivity contribution in [3.63, 3.8) is 0 Å². The Morgan fingerprint density at radius 2 is 1.62 bits per heavy atom. The highest BCUT2D eigenvalue weighted by Crippen LogP contribution is 2.20. The summed E-state index contributed by atoms with van der Waals surface area (Å²) in [4.78, 5) is 17.6. The van der Waals surface area contributed by atoms with Crippen molar-refractivity contribution in [2.45, 2.75) is 26.5 Å². The van der Waals surface area contributed by atoms with Crippen LogP contribution >= 0.6 is 0 Å². The molecule has 3 aromatic rings. The van der Waals surface area contributed by atoms with Gasteiger partial charge in [-0.1, -0.05) is 6.92 Å². The molecule has 0 radical (unpaired) electrons. The summed E-state index contributed by atoms with van der Waals surface area (Å²) in [5.41, 5.74) is 5.12. The maximum Gasteiger partial charge on any atom is 0.388 e. The van der Waals surface area contributed by atoms with Gasteiger partial charge in [0.05, 0.1) is 22.9 Å². The van der Waals surface area contributed by atoms with E-state index in [9.17, 15) is 8.78 Å². The molecule has 0 N–H and O–H groups in total. The molecule has 0 atom stereocenters. The number of halogens is 2. The van der Waals surface area contributed by atoms with Crippen molar-refractivity contribution < 1.29 is 13.5 Å². The summed E-state index contributed by atoms with van der Waals surface area (Å²) in [5, 5.41) is 0. The second-order valence-electron chi connectivity index (χ2n) is 7.08. The molecule has 1 saturated heterocycles. The van der Waals surface area contributed by atoms with Gasteiger partial charge in [0.15, 0.2) is 0 Å². The van der Waals surface area contributed by atoms with Crippen molar-refractivity contribution in [3.8, 4) is 5.88 Å². The van der Waals surface area contributed by atoms with Crippen LogP contribution in [0.15, 0.2) is 42.9 Å². The minimum atomic E-state index is -2.86. The standard InChI is InChI=1S/C21H23F2N5O/c1-2-15-9-18-19(24-11-15)10-16(12-25-18)14-27-5-7-28(8-6-27)17-3-4-20(26-13-17)29-21(22)23/h3-4,9-13,21H,2,5-8,14H2,1H3. The van der Waals surface area contributed by atoms with Crippen LogP contribution in [-0.2, 0) is 13.0 Å². The van der Waals surface area contributed by atoms with Crippen molar-refractivity contribution in [1.82, 2.24) is 19.9 Å². The first-order valence-corrected chi connectivity index (χ1v) is 9.72. The Kier molecular flexibility index (Phi) is 5.80. The molecule has 0 unspecified atom stereocenters. The Balaban J connectivity index is 1.34. The number of anilines is 1. The van der Waals surface area contributed by atoms with E-state index in [0.717, 1.165) is 61.4 Å². The van der Waals surface area contributed by atoms with Gasteiger partial charge in [-0.2, -0.15) is 8.78 Å². The van der Waals surface area contributed by atoms with Gasteiger partial charge in [-0.25, -0.2) is 4.98 Å². The molecule has 4 heterocycles. The summed E-state index contributed by atoms with van der Waals surface area (Å²) < 4.78 is 28.8. The van der Waals surface area contributed by atoms with Gasteiger partial charge in [0.2, 0.25) is 5.88 Å². The monoisotopic (exact) mass is 399 g/mol. The summed E-state index contributed by atoms with van der Waals surface area (Å²) in [6.45, 7) is 3.56. The zero-order valence-electron chi connectivity index (χ0n) is 16.3. The lowest BCUT2D eigenvalue weighted by Crippen LogP contribution is -2.46. The van der Waals surface area contributed by atoms with E-state index in [2.05, 4.69) is 48.5 Å². The third-order valence-electron chi connectivity index (χ3n) is 5.13. The molecule has 8 heteroatoms. The molecule has 29 heavy (non-hydrogen) atoms. The van der Waals surface area contributed by atoms with Crippen LogP contribution in [-0.4, -0.2) is 52.6 Å². The fourth-order valence-corrected chi connectivity index (χ4v) is 3.51. The SMILES string of the molecule is CCc1cnc2cc(CN3CCN(c4ccc(OC(F)F)nc4)CC3)cnc2c1. The van der Waals surface area contributed by atoms with Gasteiger partial charge in [-0.3, -0.25) is 14.9 Å². The van der Waals surface area contributed by atoms with E-state index in [0.29, 0.717) is 0 Å². The maximum absolute atomic E-state index is 12.2. The van der Waals surface area contributed by atoms with Gasteiger partial charge in [-0.05, 0) is 35.7 Å². The van der Waals surface area contributed by atoms with E-state index in [1.54, 1.807) is 12.3 Å². The smallest absolute Gasteiger partial charge is 0.388 e. The molecule has 0 amide bonds. The molecule has 0 spiro atoms. The minimum Gasteiger partial charge on any atom is -0.417 e. The largest absolute Gasteiger partial charge is 0.417 e. The zero-order valence-corrected chi connectivity index (χ0v) is 16.3. The number of piperazine rings is 1. The number of nitrogens with zero attached hydrogens (tertiary/aromatic N) is 5. The maximum atomic E-state index is 12.2. The Labute approximate surface area is 168 Å². The second-order valence-corrected chi connectivity index (χ2v) is 7.08. The molecule has 6 nitrogen and oxygen atoms in total. The predicted octanol–water partition coefficient (Wildman–Crippen LogP) is 3.51. The van der Waals surface area contributed by atoms with Crippen molar-refractivity contribution in [1.29, 1.82) is 0 Å². The van der Waals surface area contributed by atoms with Crippen LogP contribution < -0.4 is 9.64 Å². The molecule has 1 fully saturated rings. The Bertz CT molecular complexity index is 959. The molecule has 0 bridgehead atoms. The lowest BCUT2D eigenvalue weighted by molar-refractivity contribution is -0.0528. The molecule has 0 aliphatic carbocycles. The number of pyridine rings is 3. The molecule has 0 saturated carbocycles. The van der Waals surface area contributed by atoms with E-state index in [-0.39, 0.29) is 5.88 Å². The third kappa shape index (κ3) is 4.76. The lowest BCUT2D eigenvalue weighted by Gasteiger charge is -2.35. The minimum absolute atomic E-state index is 0.0640. The van der Waals surface area contributed by atoms with Crippen LogP contribution in [0.5, 0.6) is 5.88 Å². The van der Waals surface area contributed by atoms with Gasteiger partial charge in [0, 0.05) is 51.2 Å². The predicted molar refractivity (Wildman–Crippen MR) is 107 cm³/mol. The average Bonchev–Trinajstić information content (AvgIpc) is 2.74. The molecular weight excluding hydrogens is 376 g/mol. The molecule has 0 aromatic carbocycles. The Morgan fingerprint density at radius 1 is 0.931 bits per heavy atom. The van der Waals surface area contributed by atoms with Gasteiger partial charge < -0.3 is 9.64 Å². The normalized spacial score (nSPS) is 15.2. The Morgan fingerprint density at radius 3 is 2.24 bits per heavy atom. The second kappa shape index (κ2) is 8.65. The average molecular weight is 399 g/mol. The number of fused-ring (bicyclic) bond motifs is 1. The lowest BCUT2D eigenvalue weighted by atomic mass is 10.1. The van der Waals surface area contributed by atoms with Crippen LogP contribution in [0.4, 0.5) is 14.5 Å². The van der Waals surface area contributed by atoms with Gasteiger partial charge >= 0.3 is 6.61 Å². The highest BCUT2D eigenvalue weighted by atomic mass is 19.3. The number of alkyl halides is 2. The summed E-state index contributed by atoms with van der Waals surface area (Å²) in [6.07, 6.45) is 6.38. The number of hydrogen-bond donors (Lipinski definition) is 0. The van der Waals surface area contributed by atoms with Crippen LogP contribution in [0.1, 0.15) is 18.1 Å². The number of aryl methyl sites for hydroxylation is 1. The summed E-state index contributed by atoms with van der Waals surface area (Å²) in [6, 6.07) is 7.45. The van der Waals surface area contributed by atoms with E-state index in [1.165, 1.54) is 11.6 Å². The summed E-state index contributed by atoms with van der Waals surface area (Å²) >= 11 is 0. The molecule has 152 valence electrons. The topological polar surface area (TPSA) is 54.4 Å². The molecule has 4 rings (SSSR count). The van der Waals surface area contributed by atoms with Gasteiger partial charge in [-0.15, -0.1) is 0 Å². The Hall–Kier alpha value is -2.87. The van der Waals surface area contributed by atoms with E-state index < -0.39 is 6.61 Å². The number of rotatable bonds is 6. The van der Waals surface area contributed by atoms with E-state index >= 15 is 0 Å². The summed E-state index contributed by atoms with van der Waals surface area (Å²) in [5.74, 6) is -0.0640. The molecule has 3 aromatic heterocycles. The van der Waals surface area contributed by atoms with Crippen LogP contribution in [0.3, 0.4) is 0 Å². The van der Waals surface area contributed by atoms with Crippen molar-refractivity contribution >= 4 is 16.7 Å². The zero-order chi connectivity index (χ0) is 20.2. The fourth-order valence-electron chi connectivity index (χ4n) is 3.51. The molecule has 1 aliphatic heterocycles. The fraction of sp³-hybridized carbons (Fsp3) is 0.381. The molecular formula is C21H23F2N5O. The van der Waals surface area contributed by atoms with Crippen molar-refractivity contribution in [2.75, 3.05) is 31.1 Å². The van der Waals surface area contributed by atoms with Gasteiger partial charge in [0.1, 0.15) is 0 Å². The third-order valence-corrected chi connectivity index (χ3v) is 5.13. The van der Waals surface area contributed by atoms with Crippen LogP contribution in [0.2, 0.25) is 0 Å². The highest BCUT2D eigenvalue weighted by molar-refractivity contribution is 5.74. The van der Waals surface area contributed by atoms with Crippen molar-refractivity contribution in [2.24, 2.45) is 0 Å². The van der Waals surface area contributed by atoms with Crippen molar-refractivity contribution in [3.05, 3.63) is 54.0 Å². The first-order valence-electron chi connectivity index (χ1n) is 9.72.